The van der Waals surface area contributed by atoms with E-state index in [1.807, 2.05) is 6.92 Å². The zero-order valence-corrected chi connectivity index (χ0v) is 8.48. The second-order valence-corrected chi connectivity index (χ2v) is 3.73. The molecule has 0 amide bonds. The highest BCUT2D eigenvalue weighted by Crippen LogP contribution is 2.22. The van der Waals surface area contributed by atoms with Crippen LogP contribution in [0.4, 0.5) is 0 Å². The highest BCUT2D eigenvalue weighted by atomic mass is 32.1. The Kier molecular flexibility index (Phi) is 3.45. The molecule has 0 unspecified atom stereocenters. The Morgan fingerprint density at radius 2 is 2.38 bits per heavy atom. The van der Waals surface area contributed by atoms with Gasteiger partial charge in [-0.25, -0.2) is 4.79 Å². The summed E-state index contributed by atoms with van der Waals surface area (Å²) in [6.45, 7) is 4.00. The van der Waals surface area contributed by atoms with E-state index in [-0.39, 0.29) is 12.6 Å². The highest BCUT2D eigenvalue weighted by molar-refractivity contribution is 7.14. The van der Waals surface area contributed by atoms with E-state index in [1.165, 1.54) is 11.3 Å². The van der Waals surface area contributed by atoms with E-state index in [0.717, 1.165) is 10.4 Å². The SMILES string of the molecule is CCOC(=O)c1cc(C)c(CO)s1. The van der Waals surface area contributed by atoms with E-state index in [1.54, 1.807) is 13.0 Å². The third-order valence-corrected chi connectivity index (χ3v) is 2.84. The maximum Gasteiger partial charge on any atom is 0.348 e. The van der Waals surface area contributed by atoms with Gasteiger partial charge >= 0.3 is 5.97 Å². The van der Waals surface area contributed by atoms with Crippen LogP contribution in [0.3, 0.4) is 0 Å². The molecule has 0 aromatic carbocycles. The lowest BCUT2D eigenvalue weighted by molar-refractivity contribution is 0.0532. The van der Waals surface area contributed by atoms with Crippen LogP contribution in [0.15, 0.2) is 6.07 Å². The first-order valence-corrected chi connectivity index (χ1v) is 4.88. The third kappa shape index (κ3) is 2.29. The van der Waals surface area contributed by atoms with Crippen molar-refractivity contribution in [1.82, 2.24) is 0 Å². The van der Waals surface area contributed by atoms with Crippen LogP contribution in [0, 0.1) is 6.92 Å². The molecule has 0 fully saturated rings. The first-order chi connectivity index (χ1) is 6.19. The van der Waals surface area contributed by atoms with E-state index in [4.69, 9.17) is 9.84 Å². The Labute approximate surface area is 81.0 Å². The first kappa shape index (κ1) is 10.2. The maximum absolute atomic E-state index is 11.2. The molecule has 0 bridgehead atoms. The second-order valence-electron chi connectivity index (χ2n) is 2.60. The summed E-state index contributed by atoms with van der Waals surface area (Å²) in [7, 11) is 0. The summed E-state index contributed by atoms with van der Waals surface area (Å²) in [5.74, 6) is -0.310. The van der Waals surface area contributed by atoms with Crippen molar-refractivity contribution in [3.8, 4) is 0 Å². The third-order valence-electron chi connectivity index (χ3n) is 1.64. The number of thiophene rings is 1. The van der Waals surface area contributed by atoms with Crippen molar-refractivity contribution in [3.05, 3.63) is 21.4 Å². The lowest BCUT2D eigenvalue weighted by Gasteiger charge is -1.96. The molecule has 1 aromatic rings. The molecule has 4 heteroatoms. The summed E-state index contributed by atoms with van der Waals surface area (Å²) in [5.41, 5.74) is 0.940. The van der Waals surface area contributed by atoms with Crippen molar-refractivity contribution >= 4 is 17.3 Å². The topological polar surface area (TPSA) is 46.5 Å². The van der Waals surface area contributed by atoms with Crippen molar-refractivity contribution in [1.29, 1.82) is 0 Å². The minimum atomic E-state index is -0.310. The number of esters is 1. The Morgan fingerprint density at radius 3 is 2.85 bits per heavy atom. The molecule has 1 rings (SSSR count). The molecule has 0 aliphatic heterocycles. The number of hydrogen-bond donors (Lipinski definition) is 1. The molecule has 13 heavy (non-hydrogen) atoms. The summed E-state index contributed by atoms with van der Waals surface area (Å²) in [6, 6.07) is 1.74. The molecule has 0 aliphatic carbocycles. The van der Waals surface area contributed by atoms with Gasteiger partial charge in [0.05, 0.1) is 13.2 Å². The van der Waals surface area contributed by atoms with Crippen molar-refractivity contribution in [3.63, 3.8) is 0 Å². The average Bonchev–Trinajstić information content (AvgIpc) is 2.47. The summed E-state index contributed by atoms with van der Waals surface area (Å²) in [4.78, 5) is 12.6. The standard InChI is InChI=1S/C9H12O3S/c1-3-12-9(11)7-4-6(2)8(5-10)13-7/h4,10H,3,5H2,1-2H3. The fourth-order valence-corrected chi connectivity index (χ4v) is 1.91. The van der Waals surface area contributed by atoms with Crippen LogP contribution in [-0.4, -0.2) is 17.7 Å². The number of aliphatic hydroxyl groups excluding tert-OH is 1. The number of aryl methyl sites for hydroxylation is 1. The predicted molar refractivity (Wildman–Crippen MR) is 50.9 cm³/mol. The normalized spacial score (nSPS) is 10.1. The zero-order chi connectivity index (χ0) is 9.84. The van der Waals surface area contributed by atoms with Crippen LogP contribution in [0.1, 0.15) is 27.0 Å². The number of carbonyl (C=O) groups excluding carboxylic acids is 1. The van der Waals surface area contributed by atoms with Gasteiger partial charge in [-0.3, -0.25) is 0 Å². The quantitative estimate of drug-likeness (QED) is 0.756. The van der Waals surface area contributed by atoms with Gasteiger partial charge in [-0.1, -0.05) is 0 Å². The van der Waals surface area contributed by atoms with Crippen LogP contribution in [0.5, 0.6) is 0 Å². The van der Waals surface area contributed by atoms with Gasteiger partial charge in [-0.05, 0) is 25.5 Å². The van der Waals surface area contributed by atoms with Crippen molar-refractivity contribution in [2.45, 2.75) is 20.5 Å². The number of carbonyl (C=O) groups is 1. The lowest BCUT2D eigenvalue weighted by atomic mass is 10.3. The number of ether oxygens (including phenoxy) is 1. The molecule has 72 valence electrons. The van der Waals surface area contributed by atoms with E-state index >= 15 is 0 Å². The van der Waals surface area contributed by atoms with Gasteiger partial charge in [0.15, 0.2) is 0 Å². The zero-order valence-electron chi connectivity index (χ0n) is 7.66. The Balaban J connectivity index is 2.84. The molecule has 0 spiro atoms. The van der Waals surface area contributed by atoms with E-state index in [9.17, 15) is 4.79 Å². The number of aliphatic hydroxyl groups is 1. The van der Waals surface area contributed by atoms with Crippen LogP contribution < -0.4 is 0 Å². The van der Waals surface area contributed by atoms with Gasteiger partial charge in [0.1, 0.15) is 4.88 Å². The van der Waals surface area contributed by atoms with Gasteiger partial charge in [-0.15, -0.1) is 11.3 Å². The Morgan fingerprint density at radius 1 is 1.69 bits per heavy atom. The van der Waals surface area contributed by atoms with Gasteiger partial charge in [-0.2, -0.15) is 0 Å². The Bertz CT molecular complexity index is 304. The van der Waals surface area contributed by atoms with E-state index in [2.05, 4.69) is 0 Å². The fraction of sp³-hybridized carbons (Fsp3) is 0.444. The molecule has 0 atom stereocenters. The smallest absolute Gasteiger partial charge is 0.348 e. The molecule has 0 aliphatic rings. The summed E-state index contributed by atoms with van der Waals surface area (Å²) in [6.07, 6.45) is 0. The van der Waals surface area contributed by atoms with E-state index in [0.29, 0.717) is 11.5 Å². The second kappa shape index (κ2) is 4.39. The van der Waals surface area contributed by atoms with Gasteiger partial charge in [0, 0.05) is 4.88 Å². The predicted octanol–water partition coefficient (Wildman–Crippen LogP) is 1.73. The molecular formula is C9H12O3S. The number of rotatable bonds is 3. The van der Waals surface area contributed by atoms with Gasteiger partial charge in [0.25, 0.3) is 0 Å². The Hall–Kier alpha value is -0.870. The van der Waals surface area contributed by atoms with Crippen molar-refractivity contribution < 1.29 is 14.6 Å². The molecule has 0 saturated carbocycles. The average molecular weight is 200 g/mol. The maximum atomic E-state index is 11.2. The minimum absolute atomic E-state index is 0.0180. The molecule has 1 heterocycles. The largest absolute Gasteiger partial charge is 0.462 e. The van der Waals surface area contributed by atoms with Gasteiger partial charge < -0.3 is 9.84 Å². The van der Waals surface area contributed by atoms with Crippen molar-refractivity contribution in [2.75, 3.05) is 6.61 Å². The van der Waals surface area contributed by atoms with Crippen LogP contribution in [-0.2, 0) is 11.3 Å². The monoisotopic (exact) mass is 200 g/mol. The molecular weight excluding hydrogens is 188 g/mol. The molecule has 3 nitrogen and oxygen atoms in total. The van der Waals surface area contributed by atoms with Crippen molar-refractivity contribution in [2.24, 2.45) is 0 Å². The highest BCUT2D eigenvalue weighted by Gasteiger charge is 2.12. The molecule has 1 aromatic heterocycles. The van der Waals surface area contributed by atoms with Crippen LogP contribution >= 0.6 is 11.3 Å². The van der Waals surface area contributed by atoms with E-state index < -0.39 is 0 Å². The lowest BCUT2D eigenvalue weighted by Crippen LogP contribution is -2.01. The summed E-state index contributed by atoms with van der Waals surface area (Å²) in [5, 5.41) is 8.90. The first-order valence-electron chi connectivity index (χ1n) is 4.06. The number of hydrogen-bond acceptors (Lipinski definition) is 4. The molecule has 0 radical (unpaired) electrons. The molecule has 1 N–H and O–H groups in total. The van der Waals surface area contributed by atoms with Gasteiger partial charge in [0.2, 0.25) is 0 Å². The fourth-order valence-electron chi connectivity index (χ4n) is 0.980. The summed E-state index contributed by atoms with van der Waals surface area (Å²) >= 11 is 1.28. The van der Waals surface area contributed by atoms with Crippen LogP contribution in [0.2, 0.25) is 0 Å². The summed E-state index contributed by atoms with van der Waals surface area (Å²) < 4.78 is 4.83. The minimum Gasteiger partial charge on any atom is -0.462 e. The molecule has 0 saturated heterocycles. The van der Waals surface area contributed by atoms with Crippen LogP contribution in [0.25, 0.3) is 0 Å².